The van der Waals surface area contributed by atoms with Gasteiger partial charge in [0.15, 0.2) is 35.5 Å². The minimum atomic E-state index is -1.31. The third kappa shape index (κ3) is 12.9. The van der Waals surface area contributed by atoms with Crippen LogP contribution in [0, 0.1) is 0 Å². The molecule has 75 heavy (non-hydrogen) atoms. The first kappa shape index (κ1) is 54.1. The van der Waals surface area contributed by atoms with Crippen LogP contribution in [0.15, 0.2) is 96.0 Å². The molecule has 1 amide bonds. The van der Waals surface area contributed by atoms with E-state index < -0.39 is 12.5 Å². The van der Waals surface area contributed by atoms with Crippen molar-refractivity contribution < 1.29 is 53.3 Å². The minimum absolute atomic E-state index is 0.0743. The van der Waals surface area contributed by atoms with E-state index >= 15 is 0 Å². The van der Waals surface area contributed by atoms with Gasteiger partial charge in [-0.2, -0.15) is 0 Å². The molecule has 0 aliphatic carbocycles. The lowest BCUT2D eigenvalue weighted by Crippen LogP contribution is -2.38. The Hall–Kier alpha value is -5.70. The third-order valence-corrected chi connectivity index (χ3v) is 17.1. The van der Waals surface area contributed by atoms with E-state index in [4.69, 9.17) is 38.2 Å². The van der Waals surface area contributed by atoms with E-state index in [-0.39, 0.29) is 36.0 Å². The summed E-state index contributed by atoms with van der Waals surface area (Å²) in [6.07, 6.45) is 2.17. The van der Waals surface area contributed by atoms with Crippen LogP contribution in [0.1, 0.15) is 71.1 Å². The number of benzene rings is 5. The summed E-state index contributed by atoms with van der Waals surface area (Å²) < 4.78 is 41.9. The molecule has 3 unspecified atom stereocenters. The standard InChI is InChI=1S/C57H69N5O11S2/c1-57(2,75-74-22-10-15-54(63)64)36-60(16-17-70-20-21-71-19-18-67-3)41-24-37(34-72-52-30-46-44(28-50(52)68-4)55(65)61-42(32-58-46)26-39-11-6-8-13-48(39)61)23-38(25-41)35-73-53-31-47-45(29-51(53)69-5)56(66)62-43(33-59-47)27-40-12-7-9-14-49(40)62/h6-9,11-14,23-25,28-32,42-43,54,56,59,63-64,66H,10,15-22,26-27,33-36H2,1-5H3. The number of methoxy groups -OCH3 is 3. The average Bonchev–Trinajstić information content (AvgIpc) is 3.91. The maximum absolute atomic E-state index is 14.2. The van der Waals surface area contributed by atoms with Crippen LogP contribution < -0.4 is 39.0 Å². The molecule has 4 aliphatic heterocycles. The summed E-state index contributed by atoms with van der Waals surface area (Å²) >= 11 is 0. The molecule has 400 valence electrons. The van der Waals surface area contributed by atoms with Crippen molar-refractivity contribution in [2.45, 2.75) is 82.1 Å². The van der Waals surface area contributed by atoms with Gasteiger partial charge >= 0.3 is 0 Å². The number of ether oxygens (including phenoxy) is 7. The number of amides is 1. The number of hydrogen-bond donors (Lipinski definition) is 4. The number of aliphatic hydroxyl groups excluding tert-OH is 2. The Kier molecular flexibility index (Phi) is 18.0. The number of anilines is 4. The van der Waals surface area contributed by atoms with Crippen LogP contribution in [0.3, 0.4) is 0 Å². The lowest BCUT2D eigenvalue weighted by molar-refractivity contribution is -0.0451. The first-order chi connectivity index (χ1) is 36.4. The molecule has 16 nitrogen and oxygen atoms in total. The van der Waals surface area contributed by atoms with Crippen molar-refractivity contribution in [2.24, 2.45) is 4.99 Å². The summed E-state index contributed by atoms with van der Waals surface area (Å²) in [4.78, 5) is 25.3. The van der Waals surface area contributed by atoms with Gasteiger partial charge in [0.2, 0.25) is 0 Å². The second kappa shape index (κ2) is 25.0. The Morgan fingerprint density at radius 3 is 2.19 bits per heavy atom. The molecule has 4 aliphatic rings. The van der Waals surface area contributed by atoms with Crippen molar-refractivity contribution in [3.63, 3.8) is 0 Å². The van der Waals surface area contributed by atoms with Gasteiger partial charge < -0.3 is 63.6 Å². The van der Waals surface area contributed by atoms with Crippen molar-refractivity contribution >= 4 is 62.1 Å². The summed E-state index contributed by atoms with van der Waals surface area (Å²) in [5.74, 6) is 2.51. The van der Waals surface area contributed by atoms with E-state index in [1.54, 1.807) is 55.0 Å². The molecule has 0 radical (unpaired) electrons. The number of hydrogen-bond acceptors (Lipinski definition) is 17. The van der Waals surface area contributed by atoms with Crippen molar-refractivity contribution in [1.82, 2.24) is 0 Å². The van der Waals surface area contributed by atoms with E-state index in [0.29, 0.717) is 112 Å². The number of rotatable bonds is 26. The van der Waals surface area contributed by atoms with E-state index in [0.717, 1.165) is 51.6 Å². The number of fused-ring (bicyclic) bond motifs is 8. The highest BCUT2D eigenvalue weighted by Gasteiger charge is 2.39. The fourth-order valence-electron chi connectivity index (χ4n) is 10.1. The van der Waals surface area contributed by atoms with Gasteiger partial charge in [0.05, 0.1) is 70.6 Å². The summed E-state index contributed by atoms with van der Waals surface area (Å²) in [7, 11) is 8.31. The Labute approximate surface area is 447 Å². The summed E-state index contributed by atoms with van der Waals surface area (Å²) in [6.45, 7) is 8.91. The smallest absolute Gasteiger partial charge is 0.261 e. The molecule has 0 aromatic heterocycles. The zero-order valence-corrected chi connectivity index (χ0v) is 45.0. The minimum Gasteiger partial charge on any atom is -0.493 e. The van der Waals surface area contributed by atoms with Gasteiger partial charge in [0.25, 0.3) is 5.91 Å². The van der Waals surface area contributed by atoms with Crippen molar-refractivity contribution in [3.8, 4) is 23.0 Å². The van der Waals surface area contributed by atoms with Gasteiger partial charge in [0.1, 0.15) is 13.2 Å². The van der Waals surface area contributed by atoms with Crippen LogP contribution >= 0.6 is 21.6 Å². The number of carbonyl (C=O) groups excluding carboxylic acids is 1. The van der Waals surface area contributed by atoms with Gasteiger partial charge in [-0.1, -0.05) is 58.0 Å². The third-order valence-electron chi connectivity index (χ3n) is 13.7. The van der Waals surface area contributed by atoms with Crippen LogP contribution in [-0.2, 0) is 40.3 Å². The largest absolute Gasteiger partial charge is 0.493 e. The Balaban J connectivity index is 1.00. The Morgan fingerprint density at radius 1 is 0.800 bits per heavy atom. The molecule has 9 rings (SSSR count). The first-order valence-corrected chi connectivity index (χ1v) is 27.9. The maximum Gasteiger partial charge on any atom is 0.261 e. The Bertz CT molecular complexity index is 2800. The molecule has 5 aromatic rings. The molecule has 4 heterocycles. The molecule has 0 saturated carbocycles. The predicted molar refractivity (Wildman–Crippen MR) is 297 cm³/mol. The molecule has 4 N–H and O–H groups in total. The average molecular weight is 1060 g/mol. The number of nitrogens with zero attached hydrogens (tertiary/aromatic N) is 4. The SMILES string of the molecule is COCCOCCOCCN(CC(C)(C)SSCCCC(O)O)c1cc(COc2cc3c(cc2OC)C(=O)N2c4ccccc4CC2C=N3)cc(COc2cc3c(cc2OC)C(O)N2c4ccccc4CC2CN3)c1. The van der Waals surface area contributed by atoms with Crippen LogP contribution in [0.5, 0.6) is 23.0 Å². The van der Waals surface area contributed by atoms with Gasteiger partial charge in [-0.3, -0.25) is 14.7 Å². The molecular formula is C57H69N5O11S2. The fourth-order valence-corrected chi connectivity index (χ4v) is 12.7. The highest BCUT2D eigenvalue weighted by molar-refractivity contribution is 8.77. The zero-order chi connectivity index (χ0) is 52.5. The molecule has 0 fully saturated rings. The van der Waals surface area contributed by atoms with Crippen LogP contribution in [0.2, 0.25) is 0 Å². The van der Waals surface area contributed by atoms with E-state index in [1.807, 2.05) is 53.6 Å². The number of aliphatic imine (C=N–C) groups is 1. The highest BCUT2D eigenvalue weighted by atomic mass is 33.1. The second-order valence-electron chi connectivity index (χ2n) is 19.6. The van der Waals surface area contributed by atoms with Gasteiger partial charge in [-0.05, 0) is 97.8 Å². The number of para-hydroxylation sites is 2. The van der Waals surface area contributed by atoms with E-state index in [2.05, 4.69) is 65.4 Å². The second-order valence-corrected chi connectivity index (χ2v) is 22.7. The topological polar surface area (TPSA) is 176 Å². The van der Waals surface area contributed by atoms with E-state index in [1.165, 1.54) is 5.56 Å². The Morgan fingerprint density at radius 2 is 1.47 bits per heavy atom. The molecule has 18 heteroatoms. The quantitative estimate of drug-likeness (QED) is 0.0235. The highest BCUT2D eigenvalue weighted by Crippen LogP contribution is 2.46. The lowest BCUT2D eigenvalue weighted by atomic mass is 10.1. The molecule has 0 spiro atoms. The summed E-state index contributed by atoms with van der Waals surface area (Å²) in [5, 5.41) is 34.4. The molecule has 0 saturated heterocycles. The van der Waals surface area contributed by atoms with Crippen molar-refractivity contribution in [1.29, 1.82) is 0 Å². The van der Waals surface area contributed by atoms with Gasteiger partial charge in [-0.15, -0.1) is 0 Å². The fraction of sp³-hybridized carbons (Fsp3) is 0.439. The zero-order valence-electron chi connectivity index (χ0n) is 43.4. The summed E-state index contributed by atoms with van der Waals surface area (Å²) in [5.41, 5.74) is 9.34. The first-order valence-electron chi connectivity index (χ1n) is 25.6. The van der Waals surface area contributed by atoms with Crippen LogP contribution in [0.4, 0.5) is 28.4 Å². The van der Waals surface area contributed by atoms with Gasteiger partial charge in [-0.25, -0.2) is 0 Å². The van der Waals surface area contributed by atoms with Gasteiger partial charge in [0, 0.05) is 90.3 Å². The number of aliphatic hydroxyl groups is 3. The lowest BCUT2D eigenvalue weighted by Gasteiger charge is -2.34. The summed E-state index contributed by atoms with van der Waals surface area (Å²) in [6, 6.07) is 29.7. The maximum atomic E-state index is 14.2. The monoisotopic (exact) mass is 1060 g/mol. The normalized spacial score (nSPS) is 17.3. The molecule has 3 atom stereocenters. The van der Waals surface area contributed by atoms with E-state index in [9.17, 15) is 20.1 Å². The van der Waals surface area contributed by atoms with Crippen molar-refractivity contribution in [3.05, 3.63) is 124 Å². The van der Waals surface area contributed by atoms with Crippen molar-refractivity contribution in [2.75, 3.05) is 99.8 Å². The van der Waals surface area contributed by atoms with Crippen LogP contribution in [-0.4, -0.2) is 130 Å². The van der Waals surface area contributed by atoms with Crippen LogP contribution in [0.25, 0.3) is 0 Å². The predicted octanol–water partition coefficient (Wildman–Crippen LogP) is 8.73. The number of carbonyl (C=O) groups is 1. The number of nitrogens with one attached hydrogen (secondary N) is 1. The molecular weight excluding hydrogens is 995 g/mol. The molecule has 0 bridgehead atoms. The molecule has 5 aromatic carbocycles.